The van der Waals surface area contributed by atoms with Crippen LogP contribution < -0.4 is 21.2 Å². The zero-order chi connectivity index (χ0) is 18.0. The van der Waals surface area contributed by atoms with E-state index in [1.54, 1.807) is 30.0 Å². The summed E-state index contributed by atoms with van der Waals surface area (Å²) in [5, 5.41) is 2.89. The molecular weight excluding hydrogens is 322 g/mol. The first kappa shape index (κ1) is 16.8. The van der Waals surface area contributed by atoms with E-state index in [9.17, 15) is 9.59 Å². The van der Waals surface area contributed by atoms with Crippen molar-refractivity contribution in [3.63, 3.8) is 0 Å². The first-order chi connectivity index (χ1) is 12.1. The highest BCUT2D eigenvalue weighted by atomic mass is 16.5. The summed E-state index contributed by atoms with van der Waals surface area (Å²) >= 11 is 0. The predicted molar refractivity (Wildman–Crippen MR) is 93.5 cm³/mol. The van der Waals surface area contributed by atoms with Gasteiger partial charge < -0.3 is 15.8 Å². The highest BCUT2D eigenvalue weighted by Crippen LogP contribution is 2.14. The maximum absolute atomic E-state index is 12.9. The van der Waals surface area contributed by atoms with Crippen molar-refractivity contribution in [2.75, 3.05) is 26.5 Å². The van der Waals surface area contributed by atoms with Gasteiger partial charge >= 0.3 is 0 Å². The molecule has 0 fully saturated rings. The topological polar surface area (TPSA) is 103 Å². The number of aromatic nitrogens is 3. The van der Waals surface area contributed by atoms with E-state index in [0.717, 1.165) is 0 Å². The number of pyridine rings is 2. The summed E-state index contributed by atoms with van der Waals surface area (Å²) < 4.78 is 8.24. The highest BCUT2D eigenvalue weighted by Gasteiger charge is 2.23. The van der Waals surface area contributed by atoms with E-state index in [1.165, 1.54) is 17.5 Å². The van der Waals surface area contributed by atoms with E-state index in [4.69, 9.17) is 10.5 Å². The Bertz CT molecular complexity index is 1010. The number of aryl methyl sites for hydroxylation is 1. The Morgan fingerprint density at radius 2 is 2.24 bits per heavy atom. The summed E-state index contributed by atoms with van der Waals surface area (Å²) in [4.78, 5) is 29.6. The molecule has 3 aromatic heterocycles. The lowest BCUT2D eigenvalue weighted by Crippen LogP contribution is -2.43. The monoisotopic (exact) mass is 342 g/mol. The molecule has 8 heteroatoms. The van der Waals surface area contributed by atoms with Gasteiger partial charge in [0.15, 0.2) is 0 Å². The number of methoxy groups -OCH3 is 1. The van der Waals surface area contributed by atoms with Gasteiger partial charge in [0.1, 0.15) is 10.9 Å². The molecule has 0 saturated carbocycles. The number of nitrogens with one attached hydrogen (secondary N) is 1. The fraction of sp³-hybridized carbons (Fsp3) is 0.294. The van der Waals surface area contributed by atoms with Crippen LogP contribution in [0.4, 0.5) is 5.82 Å². The summed E-state index contributed by atoms with van der Waals surface area (Å²) in [7, 11) is 3.14. The average Bonchev–Trinajstić information content (AvgIpc) is 2.63. The molecule has 0 spiro atoms. The average molecular weight is 342 g/mol. The Labute approximate surface area is 143 Å². The second-order valence-electron chi connectivity index (χ2n) is 5.60. The fourth-order valence-corrected chi connectivity index (χ4v) is 2.81. The minimum atomic E-state index is -0.350. The summed E-state index contributed by atoms with van der Waals surface area (Å²) in [6, 6.07) is 6.82. The Hall–Kier alpha value is -3.00. The molecular formula is C17H20N5O3+. The zero-order valence-electron chi connectivity index (χ0n) is 14.2. The molecule has 8 nitrogen and oxygen atoms in total. The van der Waals surface area contributed by atoms with E-state index in [0.29, 0.717) is 36.3 Å². The number of amides is 1. The van der Waals surface area contributed by atoms with Gasteiger partial charge in [0.2, 0.25) is 11.5 Å². The Kier molecular flexibility index (Phi) is 4.62. The molecule has 3 rings (SSSR count). The normalized spacial score (nSPS) is 11.1. The molecule has 0 bridgehead atoms. The third kappa shape index (κ3) is 2.91. The predicted octanol–water partition coefficient (Wildman–Crippen LogP) is 0.113. The third-order valence-electron chi connectivity index (χ3n) is 4.06. The second kappa shape index (κ2) is 6.86. The molecule has 0 aromatic carbocycles. The number of carbonyl (C=O) groups is 1. The maximum atomic E-state index is 12.9. The number of anilines is 1. The number of nitrogens with two attached hydrogens (primary N) is 1. The largest absolute Gasteiger partial charge is 0.385 e. The molecule has 3 heterocycles. The van der Waals surface area contributed by atoms with Gasteiger partial charge in [-0.1, -0.05) is 11.1 Å². The van der Waals surface area contributed by atoms with Crippen LogP contribution in [0.1, 0.15) is 16.8 Å². The van der Waals surface area contributed by atoms with E-state index in [-0.39, 0.29) is 22.8 Å². The van der Waals surface area contributed by atoms with Crippen LogP contribution in [0.15, 0.2) is 35.3 Å². The Morgan fingerprint density at radius 3 is 2.96 bits per heavy atom. The summed E-state index contributed by atoms with van der Waals surface area (Å²) in [6.45, 7) is 1.02. The van der Waals surface area contributed by atoms with E-state index < -0.39 is 0 Å². The van der Waals surface area contributed by atoms with Gasteiger partial charge in [-0.2, -0.15) is 0 Å². The number of rotatable bonds is 5. The van der Waals surface area contributed by atoms with Crippen molar-refractivity contribution >= 4 is 28.4 Å². The van der Waals surface area contributed by atoms with Crippen molar-refractivity contribution < 1.29 is 14.1 Å². The van der Waals surface area contributed by atoms with Crippen LogP contribution in [0.25, 0.3) is 16.7 Å². The molecule has 0 radical (unpaired) electrons. The summed E-state index contributed by atoms with van der Waals surface area (Å²) in [5.41, 5.74) is 7.20. The lowest BCUT2D eigenvalue weighted by molar-refractivity contribution is -0.659. The van der Waals surface area contributed by atoms with Crippen LogP contribution in [0.3, 0.4) is 0 Å². The Morgan fingerprint density at radius 1 is 1.44 bits per heavy atom. The zero-order valence-corrected chi connectivity index (χ0v) is 14.2. The number of nitrogens with zero attached hydrogens (tertiary/aromatic N) is 3. The van der Waals surface area contributed by atoms with E-state index in [2.05, 4.69) is 10.3 Å². The lowest BCUT2D eigenvalue weighted by Gasteiger charge is -2.11. The Balaban J connectivity index is 2.36. The number of hydrogen-bond donors (Lipinski definition) is 2. The fourth-order valence-electron chi connectivity index (χ4n) is 2.81. The number of fused-ring (bicyclic) bond motifs is 2. The first-order valence-electron chi connectivity index (χ1n) is 7.93. The molecule has 0 saturated heterocycles. The third-order valence-corrected chi connectivity index (χ3v) is 4.06. The standard InChI is InChI=1S/C17H19N5O3/c1-19-16(23)11-10-12-15(22(14(11)18)8-5-9-25-2)20-13-6-3-4-7-21(13)17(12)24/h3-4,6-7,10,18H,5,8-9H2,1-2H3,(H,19,23)/p+1. The molecule has 130 valence electrons. The van der Waals surface area contributed by atoms with Crippen LogP contribution >= 0.6 is 0 Å². The van der Waals surface area contributed by atoms with Gasteiger partial charge in [-0.25, -0.2) is 4.57 Å². The molecule has 0 unspecified atom stereocenters. The maximum Gasteiger partial charge on any atom is 0.278 e. The first-order valence-corrected chi connectivity index (χ1v) is 7.93. The minimum Gasteiger partial charge on any atom is -0.385 e. The van der Waals surface area contributed by atoms with Gasteiger partial charge in [-0.05, 0) is 18.2 Å². The van der Waals surface area contributed by atoms with Gasteiger partial charge in [-0.15, -0.1) is 0 Å². The summed E-state index contributed by atoms with van der Waals surface area (Å²) in [5.74, 6) is -0.0763. The lowest BCUT2D eigenvalue weighted by atomic mass is 10.1. The van der Waals surface area contributed by atoms with Gasteiger partial charge in [0, 0.05) is 33.4 Å². The van der Waals surface area contributed by atoms with Crippen LogP contribution in [0.2, 0.25) is 0 Å². The molecule has 0 aliphatic carbocycles. The van der Waals surface area contributed by atoms with Crippen molar-refractivity contribution in [1.82, 2.24) is 14.7 Å². The van der Waals surface area contributed by atoms with Crippen LogP contribution in [0, 0.1) is 0 Å². The van der Waals surface area contributed by atoms with Crippen LogP contribution in [-0.2, 0) is 11.3 Å². The van der Waals surface area contributed by atoms with Crippen molar-refractivity contribution in [3.8, 4) is 0 Å². The minimum absolute atomic E-state index is 0.244. The highest BCUT2D eigenvalue weighted by molar-refractivity contribution is 6.00. The molecule has 0 aliphatic heterocycles. The smallest absolute Gasteiger partial charge is 0.278 e. The van der Waals surface area contributed by atoms with Crippen molar-refractivity contribution in [1.29, 1.82) is 0 Å². The quantitative estimate of drug-likeness (QED) is 0.389. The van der Waals surface area contributed by atoms with Gasteiger partial charge in [0.25, 0.3) is 17.1 Å². The number of ether oxygens (including phenoxy) is 1. The van der Waals surface area contributed by atoms with Crippen LogP contribution in [-0.4, -0.2) is 36.1 Å². The van der Waals surface area contributed by atoms with Gasteiger partial charge in [0.05, 0.1) is 6.54 Å². The molecule has 1 amide bonds. The van der Waals surface area contributed by atoms with E-state index >= 15 is 0 Å². The second-order valence-corrected chi connectivity index (χ2v) is 5.60. The number of nitrogen functional groups attached to an aromatic ring is 1. The molecule has 3 N–H and O–H groups in total. The SMILES string of the molecule is CNC(=O)c1cc2c(=O)n3ccccc3nc2[n+](CCCOC)c1N. The van der Waals surface area contributed by atoms with E-state index in [1.807, 2.05) is 6.07 Å². The van der Waals surface area contributed by atoms with Crippen LogP contribution in [0.5, 0.6) is 0 Å². The van der Waals surface area contributed by atoms with Crippen molar-refractivity contribution in [2.45, 2.75) is 13.0 Å². The number of carbonyl (C=O) groups excluding carboxylic acids is 1. The van der Waals surface area contributed by atoms with Crippen molar-refractivity contribution in [2.24, 2.45) is 0 Å². The molecule has 25 heavy (non-hydrogen) atoms. The molecule has 3 aromatic rings. The van der Waals surface area contributed by atoms with Crippen molar-refractivity contribution in [3.05, 3.63) is 46.4 Å². The molecule has 0 atom stereocenters. The molecule has 0 aliphatic rings. The van der Waals surface area contributed by atoms with Gasteiger partial charge in [-0.3, -0.25) is 14.0 Å². The number of hydrogen-bond acceptors (Lipinski definition) is 5. The summed E-state index contributed by atoms with van der Waals surface area (Å²) in [6.07, 6.45) is 2.32.